The highest BCUT2D eigenvalue weighted by Crippen LogP contribution is 1.88. The molecule has 0 radical (unpaired) electrons. The quantitative estimate of drug-likeness (QED) is 0.285. The lowest BCUT2D eigenvalue weighted by atomic mass is 10.2. The van der Waals surface area contributed by atoms with Crippen LogP contribution in [0.15, 0.2) is 0 Å². The number of hydrogen-bond donors (Lipinski definition) is 3. The Hall–Kier alpha value is -1.63. The van der Waals surface area contributed by atoms with Crippen LogP contribution in [0.3, 0.4) is 0 Å². The number of carbonyl (C=O) groups excluding carboxylic acids is 2. The number of carbonyl (C=O) groups is 2. The number of hydrogen-bond acceptors (Lipinski definition) is 5. The topological polar surface area (TPSA) is 123 Å². The molecule has 0 aromatic heterocycles. The van der Waals surface area contributed by atoms with E-state index in [-0.39, 0.29) is 24.9 Å². The van der Waals surface area contributed by atoms with Crippen LogP contribution in [0.1, 0.15) is 6.92 Å². The lowest BCUT2D eigenvalue weighted by molar-refractivity contribution is -0.144. The molecule has 0 heterocycles. The van der Waals surface area contributed by atoms with Gasteiger partial charge in [-0.1, -0.05) is 0 Å². The second-order valence-corrected chi connectivity index (χ2v) is 3.14. The maximum atomic E-state index is 11.1. The molecule has 1 unspecified atom stereocenters. The summed E-state index contributed by atoms with van der Waals surface area (Å²) in [5.74, 6) is -1.06. The molecular formula is C8H16N4O3. The molecule has 86 valence electrons. The standard InChI is InChI=1S/C8H16N4O3/c1-5(13)6(9)4-15-7(14)3-12(2)8(10)11/h6H,3-4,9H2,1-2H3,(H3,10,11). The number of nitrogens with two attached hydrogens (primary N) is 2. The Kier molecular flexibility index (Phi) is 5.32. The number of ether oxygens (including phenoxy) is 1. The highest BCUT2D eigenvalue weighted by atomic mass is 16.5. The zero-order chi connectivity index (χ0) is 12.0. The molecule has 7 nitrogen and oxygen atoms in total. The third-order valence-corrected chi connectivity index (χ3v) is 1.72. The lowest BCUT2D eigenvalue weighted by Crippen LogP contribution is -2.39. The van der Waals surface area contributed by atoms with Crippen molar-refractivity contribution >= 4 is 17.7 Å². The molecule has 0 rings (SSSR count). The zero-order valence-corrected chi connectivity index (χ0v) is 8.82. The summed E-state index contributed by atoms with van der Waals surface area (Å²) in [6.45, 7) is 1.03. The minimum Gasteiger partial charge on any atom is -0.462 e. The van der Waals surface area contributed by atoms with Gasteiger partial charge in [0.25, 0.3) is 0 Å². The number of ketones is 1. The number of guanidine groups is 1. The number of nitrogens with zero attached hydrogens (tertiary/aromatic N) is 1. The van der Waals surface area contributed by atoms with Crippen LogP contribution < -0.4 is 11.5 Å². The first-order valence-electron chi connectivity index (χ1n) is 4.31. The molecule has 5 N–H and O–H groups in total. The molecule has 0 fully saturated rings. The fourth-order valence-corrected chi connectivity index (χ4v) is 0.625. The predicted octanol–water partition coefficient (Wildman–Crippen LogP) is -1.73. The Labute approximate surface area is 87.9 Å². The number of nitrogens with one attached hydrogen (secondary N) is 1. The summed E-state index contributed by atoms with van der Waals surface area (Å²) in [6.07, 6.45) is 0. The minimum absolute atomic E-state index is 0.139. The Balaban J connectivity index is 3.85. The van der Waals surface area contributed by atoms with Crippen molar-refractivity contribution in [1.82, 2.24) is 4.90 Å². The Morgan fingerprint density at radius 3 is 2.47 bits per heavy atom. The first kappa shape index (κ1) is 13.4. The van der Waals surface area contributed by atoms with E-state index in [0.717, 1.165) is 0 Å². The summed E-state index contributed by atoms with van der Waals surface area (Å²) in [6, 6.07) is -0.795. The summed E-state index contributed by atoms with van der Waals surface area (Å²) in [5, 5.41) is 7.00. The minimum atomic E-state index is -0.795. The maximum absolute atomic E-state index is 11.1. The van der Waals surface area contributed by atoms with E-state index in [0.29, 0.717) is 0 Å². The van der Waals surface area contributed by atoms with Gasteiger partial charge in [0.1, 0.15) is 18.9 Å². The van der Waals surface area contributed by atoms with Gasteiger partial charge >= 0.3 is 5.97 Å². The van der Waals surface area contributed by atoms with Gasteiger partial charge in [0.2, 0.25) is 0 Å². The molecule has 0 saturated heterocycles. The smallest absolute Gasteiger partial charge is 0.325 e. The predicted molar refractivity (Wildman–Crippen MR) is 54.2 cm³/mol. The van der Waals surface area contributed by atoms with E-state index < -0.39 is 12.0 Å². The van der Waals surface area contributed by atoms with Crippen LogP contribution in [-0.2, 0) is 14.3 Å². The van der Waals surface area contributed by atoms with Crippen molar-refractivity contribution in [2.75, 3.05) is 20.2 Å². The molecule has 0 spiro atoms. The number of esters is 1. The number of rotatable bonds is 5. The summed E-state index contributed by atoms with van der Waals surface area (Å²) < 4.78 is 4.71. The normalized spacial score (nSPS) is 11.7. The average molecular weight is 216 g/mol. The summed E-state index contributed by atoms with van der Waals surface area (Å²) in [7, 11) is 1.48. The lowest BCUT2D eigenvalue weighted by Gasteiger charge is -2.16. The summed E-state index contributed by atoms with van der Waals surface area (Å²) in [4.78, 5) is 23.0. The Morgan fingerprint density at radius 2 is 2.07 bits per heavy atom. The van der Waals surface area contributed by atoms with Crippen LogP contribution in [0.25, 0.3) is 0 Å². The van der Waals surface area contributed by atoms with Gasteiger partial charge in [-0.3, -0.25) is 15.0 Å². The van der Waals surface area contributed by atoms with Crippen LogP contribution in [0.5, 0.6) is 0 Å². The van der Waals surface area contributed by atoms with E-state index in [1.807, 2.05) is 0 Å². The molecule has 1 atom stereocenters. The van der Waals surface area contributed by atoms with Crippen LogP contribution in [0.4, 0.5) is 0 Å². The fraction of sp³-hybridized carbons (Fsp3) is 0.625. The van der Waals surface area contributed by atoms with Crippen LogP contribution in [0.2, 0.25) is 0 Å². The SMILES string of the molecule is CC(=O)C(N)COC(=O)CN(C)C(=N)N. The van der Waals surface area contributed by atoms with Crippen LogP contribution in [0, 0.1) is 5.41 Å². The van der Waals surface area contributed by atoms with Crippen molar-refractivity contribution in [3.63, 3.8) is 0 Å². The third kappa shape index (κ3) is 5.63. The molecule has 0 aromatic carbocycles. The van der Waals surface area contributed by atoms with Gasteiger partial charge < -0.3 is 21.1 Å². The molecular weight excluding hydrogens is 200 g/mol. The van der Waals surface area contributed by atoms with Gasteiger partial charge in [-0.2, -0.15) is 0 Å². The van der Waals surface area contributed by atoms with Gasteiger partial charge in [0.15, 0.2) is 5.96 Å². The fourth-order valence-electron chi connectivity index (χ4n) is 0.625. The molecule has 0 saturated carbocycles. The summed E-state index contributed by atoms with van der Waals surface area (Å²) in [5.41, 5.74) is 10.5. The average Bonchev–Trinajstić information content (AvgIpc) is 2.13. The van der Waals surface area contributed by atoms with E-state index in [9.17, 15) is 9.59 Å². The molecule has 0 bridgehead atoms. The van der Waals surface area contributed by atoms with Crippen molar-refractivity contribution in [2.24, 2.45) is 11.5 Å². The molecule has 15 heavy (non-hydrogen) atoms. The third-order valence-electron chi connectivity index (χ3n) is 1.72. The van der Waals surface area contributed by atoms with Crippen molar-refractivity contribution in [3.05, 3.63) is 0 Å². The van der Waals surface area contributed by atoms with E-state index in [2.05, 4.69) is 0 Å². The monoisotopic (exact) mass is 216 g/mol. The molecule has 0 aromatic rings. The second-order valence-electron chi connectivity index (χ2n) is 3.14. The van der Waals surface area contributed by atoms with Crippen molar-refractivity contribution in [3.8, 4) is 0 Å². The largest absolute Gasteiger partial charge is 0.462 e. The molecule has 0 aliphatic heterocycles. The van der Waals surface area contributed by atoms with E-state index in [4.69, 9.17) is 21.6 Å². The first-order chi connectivity index (χ1) is 6.84. The Bertz CT molecular complexity index is 267. The van der Waals surface area contributed by atoms with E-state index in [1.165, 1.54) is 18.9 Å². The van der Waals surface area contributed by atoms with Crippen LogP contribution in [-0.4, -0.2) is 48.9 Å². The molecule has 7 heteroatoms. The van der Waals surface area contributed by atoms with Gasteiger partial charge in [-0.25, -0.2) is 0 Å². The Morgan fingerprint density at radius 1 is 1.53 bits per heavy atom. The molecule has 0 aliphatic carbocycles. The molecule has 0 aliphatic rings. The van der Waals surface area contributed by atoms with Crippen molar-refractivity contribution < 1.29 is 14.3 Å². The zero-order valence-electron chi connectivity index (χ0n) is 8.82. The van der Waals surface area contributed by atoms with Crippen molar-refractivity contribution in [1.29, 1.82) is 5.41 Å². The second kappa shape index (κ2) is 5.97. The number of Topliss-reactive ketones (excluding diaryl/α,β-unsaturated/α-hetero) is 1. The maximum Gasteiger partial charge on any atom is 0.325 e. The van der Waals surface area contributed by atoms with Crippen molar-refractivity contribution in [2.45, 2.75) is 13.0 Å². The van der Waals surface area contributed by atoms with Gasteiger partial charge in [-0.05, 0) is 6.92 Å². The molecule has 0 amide bonds. The van der Waals surface area contributed by atoms with Gasteiger partial charge in [-0.15, -0.1) is 0 Å². The van der Waals surface area contributed by atoms with E-state index >= 15 is 0 Å². The highest BCUT2D eigenvalue weighted by Gasteiger charge is 2.13. The van der Waals surface area contributed by atoms with Crippen LogP contribution >= 0.6 is 0 Å². The van der Waals surface area contributed by atoms with Gasteiger partial charge in [0, 0.05) is 7.05 Å². The summed E-state index contributed by atoms with van der Waals surface area (Å²) >= 11 is 0. The van der Waals surface area contributed by atoms with E-state index in [1.54, 1.807) is 0 Å². The first-order valence-corrected chi connectivity index (χ1v) is 4.31. The highest BCUT2D eigenvalue weighted by molar-refractivity contribution is 5.83. The van der Waals surface area contributed by atoms with Gasteiger partial charge in [0.05, 0.1) is 6.04 Å². The number of likely N-dealkylation sites (N-methyl/N-ethyl adjacent to an activating group) is 1.